The predicted molar refractivity (Wildman–Crippen MR) is 98.0 cm³/mol. The first-order chi connectivity index (χ1) is 13.0. The van der Waals surface area contributed by atoms with Crippen molar-refractivity contribution in [2.24, 2.45) is 0 Å². The highest BCUT2D eigenvalue weighted by atomic mass is 16.6. The minimum Gasteiger partial charge on any atom is -0.493 e. The molecule has 6 heteroatoms. The third-order valence-corrected chi connectivity index (χ3v) is 4.59. The van der Waals surface area contributed by atoms with E-state index in [0.29, 0.717) is 33.9 Å². The van der Waals surface area contributed by atoms with Crippen molar-refractivity contribution in [1.29, 1.82) is 5.26 Å². The topological polar surface area (TPSA) is 77.8 Å². The first-order valence-corrected chi connectivity index (χ1v) is 8.23. The standard InChI is InChI=1S/C21H19NO5/c1-12-18(14-7-5-13(11-22)6-8-14)19(27-21(12)23)15-9-16(24-2)20(26-4)17(10-15)25-3/h5-10,18-19H,1H2,2-4H3/t18-,19+/m0/s1. The number of carbonyl (C=O) groups is 1. The second kappa shape index (κ2) is 7.42. The molecule has 0 radical (unpaired) electrons. The molecule has 0 spiro atoms. The molecule has 1 aliphatic rings. The third kappa shape index (κ3) is 3.20. The van der Waals surface area contributed by atoms with E-state index < -0.39 is 12.1 Å². The fourth-order valence-corrected chi connectivity index (χ4v) is 3.24. The van der Waals surface area contributed by atoms with Gasteiger partial charge in [-0.05, 0) is 29.8 Å². The number of hydrogen-bond donors (Lipinski definition) is 0. The van der Waals surface area contributed by atoms with E-state index >= 15 is 0 Å². The van der Waals surface area contributed by atoms with Crippen molar-refractivity contribution in [3.8, 4) is 23.3 Å². The van der Waals surface area contributed by atoms with Gasteiger partial charge in [-0.15, -0.1) is 0 Å². The van der Waals surface area contributed by atoms with Crippen molar-refractivity contribution < 1.29 is 23.7 Å². The molecule has 1 heterocycles. The first-order valence-electron chi connectivity index (χ1n) is 8.23. The number of esters is 1. The fourth-order valence-electron chi connectivity index (χ4n) is 3.24. The van der Waals surface area contributed by atoms with Crippen LogP contribution in [0.25, 0.3) is 0 Å². The molecule has 1 fully saturated rings. The number of rotatable bonds is 5. The van der Waals surface area contributed by atoms with Crippen molar-refractivity contribution in [3.63, 3.8) is 0 Å². The summed E-state index contributed by atoms with van der Waals surface area (Å²) in [5.41, 5.74) is 2.44. The molecule has 27 heavy (non-hydrogen) atoms. The predicted octanol–water partition coefficient (Wildman–Crippen LogP) is 3.52. The highest BCUT2D eigenvalue weighted by molar-refractivity contribution is 5.92. The van der Waals surface area contributed by atoms with E-state index in [1.54, 1.807) is 36.4 Å². The van der Waals surface area contributed by atoms with Crippen LogP contribution in [0.1, 0.15) is 28.7 Å². The van der Waals surface area contributed by atoms with Gasteiger partial charge in [0.15, 0.2) is 11.5 Å². The Hall–Kier alpha value is -3.46. The van der Waals surface area contributed by atoms with Crippen LogP contribution in [0.4, 0.5) is 0 Å². The minimum absolute atomic E-state index is 0.360. The van der Waals surface area contributed by atoms with Gasteiger partial charge < -0.3 is 18.9 Å². The monoisotopic (exact) mass is 365 g/mol. The van der Waals surface area contributed by atoms with Crippen LogP contribution in [-0.2, 0) is 9.53 Å². The molecule has 2 aromatic carbocycles. The Balaban J connectivity index is 2.09. The molecule has 2 atom stereocenters. The molecule has 0 aromatic heterocycles. The van der Waals surface area contributed by atoms with E-state index in [2.05, 4.69) is 12.6 Å². The SMILES string of the molecule is C=C1C(=O)O[C@H](c2cc(OC)c(OC)c(OC)c2)[C@@H]1c1ccc(C#N)cc1. The second-order valence-corrected chi connectivity index (χ2v) is 6.02. The summed E-state index contributed by atoms with van der Waals surface area (Å²) in [7, 11) is 4.58. The van der Waals surface area contributed by atoms with Gasteiger partial charge in [0.25, 0.3) is 0 Å². The van der Waals surface area contributed by atoms with Gasteiger partial charge in [-0.2, -0.15) is 5.26 Å². The zero-order chi connectivity index (χ0) is 19.6. The molecule has 3 rings (SSSR count). The van der Waals surface area contributed by atoms with E-state index in [1.807, 2.05) is 0 Å². The Bertz CT molecular complexity index is 902. The second-order valence-electron chi connectivity index (χ2n) is 6.02. The number of hydrogen-bond acceptors (Lipinski definition) is 6. The van der Waals surface area contributed by atoms with Gasteiger partial charge in [0, 0.05) is 11.1 Å². The lowest BCUT2D eigenvalue weighted by Gasteiger charge is -2.21. The lowest BCUT2D eigenvalue weighted by molar-refractivity contribution is -0.139. The summed E-state index contributed by atoms with van der Waals surface area (Å²) in [4.78, 5) is 12.2. The van der Waals surface area contributed by atoms with Gasteiger partial charge in [0.05, 0.1) is 38.9 Å². The van der Waals surface area contributed by atoms with E-state index in [1.165, 1.54) is 21.3 Å². The zero-order valence-electron chi connectivity index (χ0n) is 15.3. The number of ether oxygens (including phenoxy) is 4. The number of nitrogens with zero attached hydrogens (tertiary/aromatic N) is 1. The average molecular weight is 365 g/mol. The van der Waals surface area contributed by atoms with Crippen molar-refractivity contribution in [1.82, 2.24) is 0 Å². The Morgan fingerprint density at radius 3 is 2.07 bits per heavy atom. The van der Waals surface area contributed by atoms with Gasteiger partial charge in [-0.1, -0.05) is 18.7 Å². The summed E-state index contributed by atoms with van der Waals surface area (Å²) in [6.07, 6.45) is -0.591. The van der Waals surface area contributed by atoms with Gasteiger partial charge in [-0.25, -0.2) is 4.79 Å². The summed E-state index contributed by atoms with van der Waals surface area (Å²) in [5, 5.41) is 9.00. The lowest BCUT2D eigenvalue weighted by atomic mass is 9.85. The molecule has 138 valence electrons. The average Bonchev–Trinajstić information content (AvgIpc) is 3.01. The molecule has 6 nitrogen and oxygen atoms in total. The van der Waals surface area contributed by atoms with Crippen LogP contribution in [-0.4, -0.2) is 27.3 Å². The van der Waals surface area contributed by atoms with E-state index in [-0.39, 0.29) is 5.92 Å². The van der Waals surface area contributed by atoms with Gasteiger partial charge >= 0.3 is 5.97 Å². The first kappa shape index (κ1) is 18.3. The summed E-state index contributed by atoms with van der Waals surface area (Å²) >= 11 is 0. The van der Waals surface area contributed by atoms with Crippen molar-refractivity contribution in [2.75, 3.05) is 21.3 Å². The summed E-state index contributed by atoms with van der Waals surface area (Å²) in [5.74, 6) is 0.566. The van der Waals surface area contributed by atoms with Gasteiger partial charge in [0.1, 0.15) is 6.10 Å². The third-order valence-electron chi connectivity index (χ3n) is 4.59. The van der Waals surface area contributed by atoms with Crippen molar-refractivity contribution in [2.45, 2.75) is 12.0 Å². The van der Waals surface area contributed by atoms with E-state index in [4.69, 9.17) is 24.2 Å². The maximum Gasteiger partial charge on any atom is 0.334 e. The molecule has 0 unspecified atom stereocenters. The largest absolute Gasteiger partial charge is 0.493 e. The summed E-state index contributed by atoms with van der Waals surface area (Å²) in [6, 6.07) is 12.6. The van der Waals surface area contributed by atoms with Crippen LogP contribution in [0.3, 0.4) is 0 Å². The Morgan fingerprint density at radius 1 is 1.00 bits per heavy atom. The number of nitriles is 1. The molecular weight excluding hydrogens is 346 g/mol. The van der Waals surface area contributed by atoms with E-state index in [9.17, 15) is 4.79 Å². The van der Waals surface area contributed by atoms with Crippen molar-refractivity contribution in [3.05, 3.63) is 65.2 Å². The number of methoxy groups -OCH3 is 3. The number of cyclic esters (lactones) is 1. The molecule has 1 aliphatic heterocycles. The van der Waals surface area contributed by atoms with Crippen LogP contribution in [0.5, 0.6) is 17.2 Å². The minimum atomic E-state index is -0.591. The summed E-state index contributed by atoms with van der Waals surface area (Å²) < 4.78 is 21.7. The Labute approximate surface area is 157 Å². The maximum atomic E-state index is 12.2. The maximum absolute atomic E-state index is 12.2. The van der Waals surface area contributed by atoms with Gasteiger partial charge in [-0.3, -0.25) is 0 Å². The van der Waals surface area contributed by atoms with Crippen LogP contribution >= 0.6 is 0 Å². The molecule has 2 aromatic rings. The molecule has 0 amide bonds. The highest BCUT2D eigenvalue weighted by Gasteiger charge is 2.41. The van der Waals surface area contributed by atoms with Crippen LogP contribution in [0, 0.1) is 11.3 Å². The number of benzene rings is 2. The van der Waals surface area contributed by atoms with Gasteiger partial charge in [0.2, 0.25) is 5.75 Å². The molecular formula is C21H19NO5. The van der Waals surface area contributed by atoms with E-state index in [0.717, 1.165) is 5.56 Å². The molecule has 0 saturated carbocycles. The van der Waals surface area contributed by atoms with Crippen LogP contribution in [0.15, 0.2) is 48.6 Å². The molecule has 0 bridgehead atoms. The zero-order valence-corrected chi connectivity index (χ0v) is 15.3. The fraction of sp³-hybridized carbons (Fsp3) is 0.238. The molecule has 1 saturated heterocycles. The molecule has 0 N–H and O–H groups in total. The Kier molecular flexibility index (Phi) is 5.04. The lowest BCUT2D eigenvalue weighted by Crippen LogP contribution is -2.08. The number of carbonyl (C=O) groups excluding carboxylic acids is 1. The normalized spacial score (nSPS) is 18.6. The van der Waals surface area contributed by atoms with Crippen LogP contribution in [0.2, 0.25) is 0 Å². The quantitative estimate of drug-likeness (QED) is 0.596. The smallest absolute Gasteiger partial charge is 0.334 e. The summed E-state index contributed by atoms with van der Waals surface area (Å²) in [6.45, 7) is 3.90. The van der Waals surface area contributed by atoms with Crippen molar-refractivity contribution >= 4 is 5.97 Å². The highest BCUT2D eigenvalue weighted by Crippen LogP contribution is 2.48. The molecule has 0 aliphatic carbocycles. The Morgan fingerprint density at radius 2 is 1.59 bits per heavy atom. The van der Waals surface area contributed by atoms with Crippen LogP contribution < -0.4 is 14.2 Å².